The number of nitrogens with zero attached hydrogens (tertiary/aromatic N) is 1. The fraction of sp³-hybridized carbons (Fsp3) is 0.667. The molecule has 0 spiro atoms. The predicted molar refractivity (Wildman–Crippen MR) is 77.4 cm³/mol. The van der Waals surface area contributed by atoms with Crippen LogP contribution in [0.3, 0.4) is 0 Å². The molecular formula is C15H26N2O2. The molecule has 4 nitrogen and oxygen atoms in total. The van der Waals surface area contributed by atoms with Gasteiger partial charge in [0.2, 0.25) is 0 Å². The quantitative estimate of drug-likeness (QED) is 0.746. The van der Waals surface area contributed by atoms with Gasteiger partial charge >= 0.3 is 0 Å². The average molecular weight is 266 g/mol. The first-order chi connectivity index (χ1) is 9.13. The van der Waals surface area contributed by atoms with E-state index in [0.717, 1.165) is 24.4 Å². The largest absolute Gasteiger partial charge is 0.486 e. The van der Waals surface area contributed by atoms with Gasteiger partial charge in [-0.2, -0.15) is 0 Å². The van der Waals surface area contributed by atoms with Crippen LogP contribution in [0.5, 0.6) is 5.75 Å². The van der Waals surface area contributed by atoms with E-state index < -0.39 is 0 Å². The van der Waals surface area contributed by atoms with Crippen LogP contribution in [0, 0.1) is 5.92 Å². The summed E-state index contributed by atoms with van der Waals surface area (Å²) in [7, 11) is 0. The number of rotatable bonds is 9. The number of ether oxygens (including phenoxy) is 2. The molecule has 1 N–H and O–H groups in total. The topological polar surface area (TPSA) is 43.4 Å². The Morgan fingerprint density at radius 1 is 1.32 bits per heavy atom. The third-order valence-corrected chi connectivity index (χ3v) is 2.62. The molecule has 19 heavy (non-hydrogen) atoms. The van der Waals surface area contributed by atoms with E-state index in [2.05, 4.69) is 24.1 Å². The molecule has 1 unspecified atom stereocenters. The Hall–Kier alpha value is -1.13. The second-order valence-corrected chi connectivity index (χ2v) is 5.10. The molecular weight excluding hydrogens is 240 g/mol. The predicted octanol–water partition coefficient (Wildman–Crippen LogP) is 2.63. The fourth-order valence-electron chi connectivity index (χ4n) is 1.69. The number of hydrogen-bond acceptors (Lipinski definition) is 4. The lowest BCUT2D eigenvalue weighted by atomic mass is 10.2. The van der Waals surface area contributed by atoms with Gasteiger partial charge in [0, 0.05) is 24.9 Å². The fourth-order valence-corrected chi connectivity index (χ4v) is 1.69. The van der Waals surface area contributed by atoms with Crippen molar-refractivity contribution < 1.29 is 9.47 Å². The zero-order chi connectivity index (χ0) is 14.1. The van der Waals surface area contributed by atoms with Gasteiger partial charge in [0.1, 0.15) is 11.9 Å². The molecule has 1 atom stereocenters. The smallest absolute Gasteiger partial charge is 0.142 e. The summed E-state index contributed by atoms with van der Waals surface area (Å²) in [5, 5.41) is 3.42. The molecule has 1 heterocycles. The van der Waals surface area contributed by atoms with Gasteiger partial charge in [0.25, 0.3) is 0 Å². The lowest BCUT2D eigenvalue weighted by Gasteiger charge is -2.17. The van der Waals surface area contributed by atoms with Crippen LogP contribution in [-0.4, -0.2) is 30.8 Å². The van der Waals surface area contributed by atoms with Gasteiger partial charge in [-0.25, -0.2) is 0 Å². The van der Waals surface area contributed by atoms with Crippen molar-refractivity contribution in [1.82, 2.24) is 10.3 Å². The molecule has 1 rings (SSSR count). The molecule has 0 bridgehead atoms. The molecule has 1 aromatic heterocycles. The van der Waals surface area contributed by atoms with Crippen LogP contribution in [0.15, 0.2) is 18.5 Å². The monoisotopic (exact) mass is 266 g/mol. The van der Waals surface area contributed by atoms with Crippen molar-refractivity contribution in [2.24, 2.45) is 5.92 Å². The Kier molecular flexibility index (Phi) is 7.45. The minimum atomic E-state index is 0.0352. The van der Waals surface area contributed by atoms with Crippen LogP contribution in [0.4, 0.5) is 0 Å². The van der Waals surface area contributed by atoms with Crippen molar-refractivity contribution in [3.63, 3.8) is 0 Å². The van der Waals surface area contributed by atoms with Crippen LogP contribution >= 0.6 is 0 Å². The summed E-state index contributed by atoms with van der Waals surface area (Å²) in [6.07, 6.45) is 3.61. The van der Waals surface area contributed by atoms with Gasteiger partial charge in [-0.1, -0.05) is 13.8 Å². The summed E-state index contributed by atoms with van der Waals surface area (Å²) >= 11 is 0. The maximum Gasteiger partial charge on any atom is 0.142 e. The van der Waals surface area contributed by atoms with Crippen molar-refractivity contribution in [3.8, 4) is 5.75 Å². The molecule has 1 aromatic rings. The van der Waals surface area contributed by atoms with E-state index in [0.29, 0.717) is 19.1 Å². The van der Waals surface area contributed by atoms with Gasteiger partial charge in [-0.15, -0.1) is 0 Å². The summed E-state index contributed by atoms with van der Waals surface area (Å²) in [4.78, 5) is 4.13. The van der Waals surface area contributed by atoms with Gasteiger partial charge in [0.15, 0.2) is 0 Å². The molecule has 0 aromatic carbocycles. The summed E-state index contributed by atoms with van der Waals surface area (Å²) in [6, 6.07) is 2.00. The van der Waals surface area contributed by atoms with Crippen LogP contribution in [-0.2, 0) is 11.3 Å². The van der Waals surface area contributed by atoms with Crippen molar-refractivity contribution in [2.45, 2.75) is 40.3 Å². The lowest BCUT2D eigenvalue weighted by Crippen LogP contribution is -2.22. The van der Waals surface area contributed by atoms with E-state index >= 15 is 0 Å². The number of pyridine rings is 1. The molecule has 0 radical (unpaired) electrons. The standard InChI is InChI=1S/C15H26N2O2/c1-5-18-11-13(4)19-15-10-16-7-6-14(15)9-17-8-12(2)3/h6-7,10,12-13,17H,5,8-9,11H2,1-4H3. The Bertz CT molecular complexity index is 356. The summed E-state index contributed by atoms with van der Waals surface area (Å²) in [5.41, 5.74) is 1.14. The van der Waals surface area contributed by atoms with Crippen molar-refractivity contribution >= 4 is 0 Å². The van der Waals surface area contributed by atoms with E-state index in [1.807, 2.05) is 19.9 Å². The van der Waals surface area contributed by atoms with Crippen LogP contribution in [0.2, 0.25) is 0 Å². The van der Waals surface area contributed by atoms with E-state index in [-0.39, 0.29) is 6.10 Å². The lowest BCUT2D eigenvalue weighted by molar-refractivity contribution is 0.0649. The molecule has 0 aliphatic carbocycles. The first-order valence-electron chi connectivity index (χ1n) is 7.01. The number of aromatic nitrogens is 1. The van der Waals surface area contributed by atoms with Crippen molar-refractivity contribution in [2.75, 3.05) is 19.8 Å². The molecule has 0 saturated heterocycles. The van der Waals surface area contributed by atoms with Crippen molar-refractivity contribution in [3.05, 3.63) is 24.0 Å². The Labute approximate surface area is 116 Å². The Morgan fingerprint density at radius 3 is 2.79 bits per heavy atom. The van der Waals surface area contributed by atoms with Gasteiger partial charge < -0.3 is 14.8 Å². The van der Waals surface area contributed by atoms with Gasteiger partial charge in [-0.3, -0.25) is 4.98 Å². The Balaban J connectivity index is 2.52. The molecule has 0 saturated carbocycles. The molecule has 0 aliphatic heterocycles. The summed E-state index contributed by atoms with van der Waals surface area (Å²) < 4.78 is 11.2. The molecule has 0 amide bonds. The van der Waals surface area contributed by atoms with Crippen LogP contribution < -0.4 is 10.1 Å². The highest BCUT2D eigenvalue weighted by atomic mass is 16.5. The summed E-state index contributed by atoms with van der Waals surface area (Å²) in [5.74, 6) is 1.48. The van der Waals surface area contributed by atoms with E-state index in [1.165, 1.54) is 0 Å². The first-order valence-corrected chi connectivity index (χ1v) is 7.01. The van der Waals surface area contributed by atoms with Crippen LogP contribution in [0.25, 0.3) is 0 Å². The maximum atomic E-state index is 5.88. The molecule has 0 aliphatic rings. The minimum absolute atomic E-state index is 0.0352. The molecule has 0 fully saturated rings. The highest BCUT2D eigenvalue weighted by molar-refractivity contribution is 5.29. The SMILES string of the molecule is CCOCC(C)Oc1cnccc1CNCC(C)C. The second kappa shape index (κ2) is 8.88. The highest BCUT2D eigenvalue weighted by Gasteiger charge is 2.08. The molecule has 4 heteroatoms. The van der Waals surface area contributed by atoms with E-state index in [9.17, 15) is 0 Å². The third-order valence-electron chi connectivity index (χ3n) is 2.62. The first kappa shape index (κ1) is 15.9. The van der Waals surface area contributed by atoms with Crippen molar-refractivity contribution in [1.29, 1.82) is 0 Å². The van der Waals surface area contributed by atoms with Crippen LogP contribution in [0.1, 0.15) is 33.3 Å². The average Bonchev–Trinajstić information content (AvgIpc) is 2.38. The zero-order valence-corrected chi connectivity index (χ0v) is 12.5. The van der Waals surface area contributed by atoms with E-state index in [4.69, 9.17) is 9.47 Å². The number of nitrogens with one attached hydrogen (secondary N) is 1. The Morgan fingerprint density at radius 2 is 2.11 bits per heavy atom. The number of hydrogen-bond donors (Lipinski definition) is 1. The summed E-state index contributed by atoms with van der Waals surface area (Å²) in [6.45, 7) is 11.5. The van der Waals surface area contributed by atoms with Gasteiger partial charge in [-0.05, 0) is 32.4 Å². The van der Waals surface area contributed by atoms with E-state index in [1.54, 1.807) is 12.4 Å². The third kappa shape index (κ3) is 6.55. The zero-order valence-electron chi connectivity index (χ0n) is 12.5. The molecule has 108 valence electrons. The normalized spacial score (nSPS) is 12.7. The second-order valence-electron chi connectivity index (χ2n) is 5.10. The van der Waals surface area contributed by atoms with Gasteiger partial charge in [0.05, 0.1) is 12.8 Å². The minimum Gasteiger partial charge on any atom is -0.486 e. The highest BCUT2D eigenvalue weighted by Crippen LogP contribution is 2.18. The maximum absolute atomic E-state index is 5.88.